The molecule has 3 heteroatoms. The second-order valence-corrected chi connectivity index (χ2v) is 3.45. The zero-order valence-corrected chi connectivity index (χ0v) is 8.42. The summed E-state index contributed by atoms with van der Waals surface area (Å²) in [5.74, 6) is -0.257. The van der Waals surface area contributed by atoms with Crippen LogP contribution >= 0.6 is 0 Å². The Balaban J connectivity index is 2.55. The predicted molar refractivity (Wildman–Crippen MR) is 56.8 cm³/mol. The number of nitrogens with one attached hydrogen (secondary N) is 1. The van der Waals surface area contributed by atoms with Gasteiger partial charge in [0.2, 0.25) is 0 Å². The van der Waals surface area contributed by atoms with Crippen molar-refractivity contribution in [1.29, 1.82) is 0 Å². The zero-order valence-electron chi connectivity index (χ0n) is 8.42. The highest BCUT2D eigenvalue weighted by Gasteiger charge is 2.11. The fourth-order valence-corrected chi connectivity index (χ4v) is 1.64. The lowest BCUT2D eigenvalue weighted by Crippen LogP contribution is -1.87. The maximum atomic E-state index is 13.5. The Bertz CT molecular complexity index is 476. The molecule has 0 aliphatic heterocycles. The van der Waals surface area contributed by atoms with Crippen LogP contribution in [0.25, 0.3) is 11.3 Å². The largest absolute Gasteiger partial charge is 0.392 e. The Labute approximate surface area is 87.4 Å². The van der Waals surface area contributed by atoms with E-state index >= 15 is 0 Å². The van der Waals surface area contributed by atoms with Crippen LogP contribution < -0.4 is 0 Å². The minimum atomic E-state index is -0.257. The molecule has 78 valence electrons. The molecule has 1 aromatic carbocycles. The summed E-state index contributed by atoms with van der Waals surface area (Å²) in [6.45, 7) is 1.83. The fraction of sp³-hybridized carbons (Fsp3) is 0.167. The average Bonchev–Trinajstić information content (AvgIpc) is 2.60. The molecule has 0 saturated carbocycles. The SMILES string of the molecule is Cc1c(CO)c[nH]c1-c1ccccc1F. The topological polar surface area (TPSA) is 36.0 Å². The first-order valence-corrected chi connectivity index (χ1v) is 4.76. The Hall–Kier alpha value is -1.61. The van der Waals surface area contributed by atoms with Crippen molar-refractivity contribution in [2.75, 3.05) is 0 Å². The lowest BCUT2D eigenvalue weighted by Gasteiger charge is -2.02. The number of aromatic nitrogens is 1. The highest BCUT2D eigenvalue weighted by Crippen LogP contribution is 2.26. The highest BCUT2D eigenvalue weighted by atomic mass is 19.1. The molecule has 2 nitrogen and oxygen atoms in total. The number of benzene rings is 1. The van der Waals surface area contributed by atoms with E-state index in [1.165, 1.54) is 6.07 Å². The van der Waals surface area contributed by atoms with Gasteiger partial charge in [0.15, 0.2) is 0 Å². The van der Waals surface area contributed by atoms with Gasteiger partial charge in [0, 0.05) is 11.8 Å². The van der Waals surface area contributed by atoms with Crippen molar-refractivity contribution in [3.8, 4) is 11.3 Å². The van der Waals surface area contributed by atoms with Crippen LogP contribution in [0.4, 0.5) is 4.39 Å². The van der Waals surface area contributed by atoms with Crippen LogP contribution in [0.5, 0.6) is 0 Å². The number of aliphatic hydroxyl groups is 1. The fourth-order valence-electron chi connectivity index (χ4n) is 1.64. The third-order valence-electron chi connectivity index (χ3n) is 2.56. The Morgan fingerprint density at radius 3 is 2.67 bits per heavy atom. The molecule has 0 radical (unpaired) electrons. The van der Waals surface area contributed by atoms with E-state index in [4.69, 9.17) is 5.11 Å². The van der Waals surface area contributed by atoms with E-state index < -0.39 is 0 Å². The predicted octanol–water partition coefficient (Wildman–Crippen LogP) is 2.62. The molecule has 0 aliphatic rings. The van der Waals surface area contributed by atoms with Crippen molar-refractivity contribution in [3.05, 3.63) is 47.4 Å². The molecule has 1 heterocycles. The summed E-state index contributed by atoms with van der Waals surface area (Å²) in [6, 6.07) is 6.59. The maximum absolute atomic E-state index is 13.5. The van der Waals surface area contributed by atoms with Crippen LogP contribution in [0.3, 0.4) is 0 Å². The summed E-state index contributed by atoms with van der Waals surface area (Å²) >= 11 is 0. The van der Waals surface area contributed by atoms with Crippen LogP contribution in [-0.4, -0.2) is 10.1 Å². The quantitative estimate of drug-likeness (QED) is 0.776. The number of hydrogen-bond acceptors (Lipinski definition) is 1. The molecule has 0 spiro atoms. The lowest BCUT2D eigenvalue weighted by atomic mass is 10.1. The van der Waals surface area contributed by atoms with Gasteiger partial charge < -0.3 is 10.1 Å². The van der Waals surface area contributed by atoms with Gasteiger partial charge in [-0.3, -0.25) is 0 Å². The average molecular weight is 205 g/mol. The van der Waals surface area contributed by atoms with E-state index in [0.717, 1.165) is 16.8 Å². The molecule has 15 heavy (non-hydrogen) atoms. The number of aromatic amines is 1. The molecule has 1 aromatic heterocycles. The van der Waals surface area contributed by atoms with Crippen LogP contribution in [0.2, 0.25) is 0 Å². The smallest absolute Gasteiger partial charge is 0.132 e. The lowest BCUT2D eigenvalue weighted by molar-refractivity contribution is 0.281. The molecule has 2 N–H and O–H groups in total. The van der Waals surface area contributed by atoms with Crippen LogP contribution in [0.15, 0.2) is 30.5 Å². The van der Waals surface area contributed by atoms with Gasteiger partial charge in [-0.1, -0.05) is 12.1 Å². The second kappa shape index (κ2) is 3.87. The minimum Gasteiger partial charge on any atom is -0.392 e. The molecular formula is C12H12FNO. The number of H-pyrrole nitrogens is 1. The number of rotatable bonds is 2. The number of hydrogen-bond donors (Lipinski definition) is 2. The van der Waals surface area contributed by atoms with Gasteiger partial charge in [0.25, 0.3) is 0 Å². The molecule has 0 atom stereocenters. The molecule has 0 amide bonds. The van der Waals surface area contributed by atoms with Crippen molar-refractivity contribution in [1.82, 2.24) is 4.98 Å². The molecule has 0 bridgehead atoms. The first-order chi connectivity index (χ1) is 7.24. The van der Waals surface area contributed by atoms with Crippen molar-refractivity contribution in [3.63, 3.8) is 0 Å². The van der Waals surface area contributed by atoms with Gasteiger partial charge in [-0.15, -0.1) is 0 Å². The van der Waals surface area contributed by atoms with Gasteiger partial charge in [0.1, 0.15) is 5.82 Å². The monoisotopic (exact) mass is 205 g/mol. The summed E-state index contributed by atoms with van der Waals surface area (Å²) in [5, 5.41) is 9.03. The maximum Gasteiger partial charge on any atom is 0.132 e. The van der Waals surface area contributed by atoms with Gasteiger partial charge in [-0.25, -0.2) is 4.39 Å². The zero-order chi connectivity index (χ0) is 10.8. The third-order valence-corrected chi connectivity index (χ3v) is 2.56. The van der Waals surface area contributed by atoms with E-state index in [9.17, 15) is 4.39 Å². The molecule has 0 aliphatic carbocycles. The van der Waals surface area contributed by atoms with Gasteiger partial charge in [0.05, 0.1) is 12.3 Å². The summed E-state index contributed by atoms with van der Waals surface area (Å²) < 4.78 is 13.5. The van der Waals surface area contributed by atoms with Crippen molar-refractivity contribution in [2.24, 2.45) is 0 Å². The number of halogens is 1. The highest BCUT2D eigenvalue weighted by molar-refractivity contribution is 5.65. The summed E-state index contributed by atoms with van der Waals surface area (Å²) in [7, 11) is 0. The van der Waals surface area contributed by atoms with E-state index in [1.54, 1.807) is 24.4 Å². The van der Waals surface area contributed by atoms with Crippen LogP contribution in [0, 0.1) is 12.7 Å². The standard InChI is InChI=1S/C12H12FNO/c1-8-9(7-15)6-14-12(8)10-4-2-3-5-11(10)13/h2-6,14-15H,7H2,1H3. The van der Waals surface area contributed by atoms with Crippen LogP contribution in [0.1, 0.15) is 11.1 Å². The minimum absolute atomic E-state index is 0.0310. The Morgan fingerprint density at radius 2 is 2.07 bits per heavy atom. The molecule has 0 saturated heterocycles. The van der Waals surface area contributed by atoms with Crippen LogP contribution in [-0.2, 0) is 6.61 Å². The third kappa shape index (κ3) is 1.66. The van der Waals surface area contributed by atoms with Crippen molar-refractivity contribution in [2.45, 2.75) is 13.5 Å². The van der Waals surface area contributed by atoms with Crippen molar-refractivity contribution < 1.29 is 9.50 Å². The Morgan fingerprint density at radius 1 is 1.33 bits per heavy atom. The van der Waals surface area contributed by atoms with E-state index in [2.05, 4.69) is 4.98 Å². The van der Waals surface area contributed by atoms with E-state index in [1.807, 2.05) is 6.92 Å². The van der Waals surface area contributed by atoms with Gasteiger partial charge >= 0.3 is 0 Å². The van der Waals surface area contributed by atoms with E-state index in [-0.39, 0.29) is 12.4 Å². The van der Waals surface area contributed by atoms with Gasteiger partial charge in [-0.05, 0) is 30.2 Å². The summed E-state index contributed by atoms with van der Waals surface area (Å²) in [4.78, 5) is 2.98. The van der Waals surface area contributed by atoms with Crippen molar-refractivity contribution >= 4 is 0 Å². The molecule has 2 aromatic rings. The molecule has 0 fully saturated rings. The first kappa shape index (κ1) is 9.93. The first-order valence-electron chi connectivity index (χ1n) is 4.76. The summed E-state index contributed by atoms with van der Waals surface area (Å²) in [6.07, 6.45) is 1.71. The molecule has 2 rings (SSSR count). The normalized spacial score (nSPS) is 10.6. The Kier molecular flexibility index (Phi) is 2.56. The summed E-state index contributed by atoms with van der Waals surface area (Å²) in [5.41, 5.74) is 2.96. The number of aliphatic hydroxyl groups excluding tert-OH is 1. The molecule has 0 unspecified atom stereocenters. The second-order valence-electron chi connectivity index (χ2n) is 3.45. The molecular weight excluding hydrogens is 193 g/mol. The van der Waals surface area contributed by atoms with E-state index in [0.29, 0.717) is 5.56 Å². The van der Waals surface area contributed by atoms with Gasteiger partial charge in [-0.2, -0.15) is 0 Å².